The van der Waals surface area contributed by atoms with E-state index in [-0.39, 0.29) is 44.9 Å². The lowest BCUT2D eigenvalue weighted by Crippen LogP contribution is -2.57. The number of carbonyl (C=O) groups is 4. The Labute approximate surface area is 258 Å². The molecule has 0 spiro atoms. The minimum atomic E-state index is -1.20. The Morgan fingerprint density at radius 2 is 1.37 bits per heavy atom. The van der Waals surface area contributed by atoms with Crippen LogP contribution in [0.1, 0.15) is 56.1 Å². The Kier molecular flexibility index (Phi) is 16.9. The highest BCUT2D eigenvalue weighted by molar-refractivity contribution is 6.30. The van der Waals surface area contributed by atoms with Crippen molar-refractivity contribution in [3.63, 3.8) is 0 Å². The van der Waals surface area contributed by atoms with Crippen molar-refractivity contribution in [3.05, 3.63) is 70.7 Å². The highest BCUT2D eigenvalue weighted by atomic mass is 35.5. The molecule has 0 heterocycles. The van der Waals surface area contributed by atoms with Crippen molar-refractivity contribution in [1.82, 2.24) is 16.0 Å². The third-order valence-electron chi connectivity index (χ3n) is 6.70. The second kappa shape index (κ2) is 20.4. The molecule has 0 radical (unpaired) electrons. The number of aliphatic carboxylic acids is 1. The van der Waals surface area contributed by atoms with Crippen molar-refractivity contribution < 1.29 is 29.0 Å². The van der Waals surface area contributed by atoms with Gasteiger partial charge < -0.3 is 37.3 Å². The summed E-state index contributed by atoms with van der Waals surface area (Å²) in [5, 5.41) is 18.1. The Morgan fingerprint density at radius 3 is 2.02 bits per heavy atom. The minimum absolute atomic E-state index is 0.0602. The molecule has 3 amide bonds. The van der Waals surface area contributed by atoms with Crippen molar-refractivity contribution in [1.29, 1.82) is 0 Å². The summed E-state index contributed by atoms with van der Waals surface area (Å²) in [4.78, 5) is 51.4. The number of rotatable bonds is 21. The largest absolute Gasteiger partial charge is 0.480 e. The number of hydrogen-bond acceptors (Lipinski definition) is 7. The molecule has 0 aliphatic carbocycles. The lowest BCUT2D eigenvalue weighted by molar-refractivity contribution is -0.142. The summed E-state index contributed by atoms with van der Waals surface area (Å²) < 4.78 is 5.78. The van der Waals surface area contributed by atoms with Gasteiger partial charge in [0.1, 0.15) is 18.1 Å². The van der Waals surface area contributed by atoms with E-state index in [1.54, 1.807) is 24.3 Å². The second-order valence-electron chi connectivity index (χ2n) is 10.3. The molecule has 8 N–H and O–H groups in total. The van der Waals surface area contributed by atoms with E-state index in [2.05, 4.69) is 16.0 Å². The van der Waals surface area contributed by atoms with Gasteiger partial charge in [0, 0.05) is 17.9 Å². The first-order valence-corrected chi connectivity index (χ1v) is 15.0. The average Bonchev–Trinajstić information content (AvgIpc) is 2.99. The van der Waals surface area contributed by atoms with Gasteiger partial charge in [-0.1, -0.05) is 66.9 Å². The number of nitrogens with two attached hydrogens (primary N) is 2. The van der Waals surface area contributed by atoms with Gasteiger partial charge in [0.05, 0.1) is 13.2 Å². The molecule has 12 heteroatoms. The first kappa shape index (κ1) is 35.7. The van der Waals surface area contributed by atoms with Crippen LogP contribution in [0.3, 0.4) is 0 Å². The molecule has 0 bridgehead atoms. The molecule has 0 saturated heterocycles. The maximum Gasteiger partial charge on any atom is 0.326 e. The Morgan fingerprint density at radius 1 is 0.744 bits per heavy atom. The maximum atomic E-state index is 13.5. The van der Waals surface area contributed by atoms with E-state index in [0.29, 0.717) is 30.0 Å². The Bertz CT molecular complexity index is 1140. The molecular formula is C31H44ClN5O6. The average molecular weight is 618 g/mol. The number of nitrogens with one attached hydrogen (secondary N) is 3. The van der Waals surface area contributed by atoms with Crippen LogP contribution in [0.2, 0.25) is 5.02 Å². The summed E-state index contributed by atoms with van der Waals surface area (Å²) in [5.41, 5.74) is 12.6. The highest BCUT2D eigenvalue weighted by Crippen LogP contribution is 2.12. The number of carbonyl (C=O) groups excluding carboxylic acids is 3. The zero-order chi connectivity index (χ0) is 31.5. The molecule has 11 nitrogen and oxygen atoms in total. The Balaban J connectivity index is 2.18. The molecule has 43 heavy (non-hydrogen) atoms. The topological polar surface area (TPSA) is 186 Å². The first-order chi connectivity index (χ1) is 20.7. The molecule has 0 aromatic heterocycles. The van der Waals surface area contributed by atoms with Crippen LogP contribution in [0.15, 0.2) is 54.6 Å². The zero-order valence-corrected chi connectivity index (χ0v) is 25.2. The quantitative estimate of drug-likeness (QED) is 0.115. The number of unbranched alkanes of at least 4 members (excludes halogenated alkanes) is 3. The van der Waals surface area contributed by atoms with Gasteiger partial charge in [-0.3, -0.25) is 14.4 Å². The number of ether oxygens (including phenoxy) is 1. The van der Waals surface area contributed by atoms with E-state index in [4.69, 9.17) is 27.8 Å². The monoisotopic (exact) mass is 617 g/mol. The van der Waals surface area contributed by atoms with Crippen LogP contribution in [0.5, 0.6) is 0 Å². The minimum Gasteiger partial charge on any atom is -0.480 e. The Hall–Kier alpha value is -3.51. The van der Waals surface area contributed by atoms with Gasteiger partial charge in [-0.25, -0.2) is 4.79 Å². The molecular weight excluding hydrogens is 574 g/mol. The van der Waals surface area contributed by atoms with Crippen LogP contribution < -0.4 is 27.4 Å². The van der Waals surface area contributed by atoms with Gasteiger partial charge in [0.15, 0.2) is 0 Å². The molecule has 0 fully saturated rings. The number of carboxylic acids is 1. The fraction of sp³-hybridized carbons (Fsp3) is 0.484. The van der Waals surface area contributed by atoms with Gasteiger partial charge in [-0.15, -0.1) is 0 Å². The fourth-order valence-corrected chi connectivity index (χ4v) is 4.42. The summed E-state index contributed by atoms with van der Waals surface area (Å²) in [6.45, 7) is 0.943. The molecule has 2 aromatic carbocycles. The zero-order valence-electron chi connectivity index (χ0n) is 24.4. The predicted molar refractivity (Wildman–Crippen MR) is 165 cm³/mol. The molecule has 2 rings (SSSR count). The van der Waals surface area contributed by atoms with E-state index >= 15 is 0 Å². The summed E-state index contributed by atoms with van der Waals surface area (Å²) in [7, 11) is 0. The number of halogens is 1. The normalized spacial score (nSPS) is 13.0. The van der Waals surface area contributed by atoms with Crippen molar-refractivity contribution in [2.75, 3.05) is 19.7 Å². The molecule has 0 aliphatic rings. The van der Waals surface area contributed by atoms with Gasteiger partial charge in [-0.05, 0) is 62.0 Å². The highest BCUT2D eigenvalue weighted by Gasteiger charge is 2.30. The van der Waals surface area contributed by atoms with Crippen molar-refractivity contribution in [3.8, 4) is 0 Å². The maximum absolute atomic E-state index is 13.5. The van der Waals surface area contributed by atoms with Crippen molar-refractivity contribution in [2.45, 2.75) is 76.1 Å². The van der Waals surface area contributed by atoms with Crippen molar-refractivity contribution in [2.24, 2.45) is 11.5 Å². The van der Waals surface area contributed by atoms with Crippen LogP contribution in [0.25, 0.3) is 0 Å². The van der Waals surface area contributed by atoms with Gasteiger partial charge in [0.25, 0.3) is 0 Å². The van der Waals surface area contributed by atoms with Gasteiger partial charge in [0.2, 0.25) is 17.7 Å². The fourth-order valence-electron chi connectivity index (χ4n) is 4.29. The number of carboxylic acid groups (broad SMARTS) is 1. The summed E-state index contributed by atoms with van der Waals surface area (Å²) in [6, 6.07) is 12.7. The molecule has 0 saturated carbocycles. The van der Waals surface area contributed by atoms with Gasteiger partial charge >= 0.3 is 5.97 Å². The third-order valence-corrected chi connectivity index (χ3v) is 6.96. The van der Waals surface area contributed by atoms with Crippen LogP contribution in [0.4, 0.5) is 0 Å². The van der Waals surface area contributed by atoms with E-state index in [0.717, 1.165) is 24.8 Å². The number of benzene rings is 2. The number of amides is 3. The molecule has 3 atom stereocenters. The summed E-state index contributed by atoms with van der Waals surface area (Å²) >= 11 is 6.01. The molecule has 0 aliphatic heterocycles. The predicted octanol–water partition coefficient (Wildman–Crippen LogP) is 2.29. The second-order valence-corrected chi connectivity index (χ2v) is 10.7. The molecule has 0 unspecified atom stereocenters. The lowest BCUT2D eigenvalue weighted by atomic mass is 10.0. The van der Waals surface area contributed by atoms with E-state index in [1.807, 2.05) is 30.3 Å². The van der Waals surface area contributed by atoms with Crippen LogP contribution in [-0.2, 0) is 36.9 Å². The van der Waals surface area contributed by atoms with Gasteiger partial charge in [-0.2, -0.15) is 0 Å². The molecule has 2 aromatic rings. The van der Waals surface area contributed by atoms with E-state index in [1.165, 1.54) is 0 Å². The lowest BCUT2D eigenvalue weighted by Gasteiger charge is -2.25. The number of hydrogen-bond donors (Lipinski definition) is 6. The standard InChI is InChI=1S/C31H44ClN5O6/c32-24-15-13-22(14-16-24)19-26(29(39)36-25(31(41)42)11-8-18-34)37-30(40)27(21-43-20-23-9-4-3-5-10-23)35-28(38)12-6-1-2-7-17-33/h3-5,9-10,13-16,25-27H,1-2,6-8,11-12,17-21,33-34H2,(H,35,38)(H,36,39)(H,37,40)(H,41,42)/t25-,26+,27-/m0/s1. The van der Waals surface area contributed by atoms with E-state index in [9.17, 15) is 24.3 Å². The van der Waals surface area contributed by atoms with Crippen molar-refractivity contribution >= 4 is 35.3 Å². The SMILES string of the molecule is NCCCCCCC(=O)N[C@@H](COCc1ccccc1)C(=O)N[C@H](Cc1ccc(Cl)cc1)C(=O)N[C@@H](CCCN)C(=O)O. The van der Waals surface area contributed by atoms with Crippen LogP contribution >= 0.6 is 11.6 Å². The van der Waals surface area contributed by atoms with E-state index < -0.39 is 35.9 Å². The summed E-state index contributed by atoms with van der Waals surface area (Å²) in [5.74, 6) is -2.83. The van der Waals surface area contributed by atoms with Crippen LogP contribution in [0, 0.1) is 0 Å². The molecule has 236 valence electrons. The first-order valence-electron chi connectivity index (χ1n) is 14.6. The third kappa shape index (κ3) is 14.5. The van der Waals surface area contributed by atoms with Crippen LogP contribution in [-0.4, -0.2) is 66.6 Å². The summed E-state index contributed by atoms with van der Waals surface area (Å²) in [6.07, 6.45) is 4.09. The smallest absolute Gasteiger partial charge is 0.326 e.